The lowest BCUT2D eigenvalue weighted by molar-refractivity contribution is -0.0948. The van der Waals surface area contributed by atoms with E-state index < -0.39 is 36.2 Å². The van der Waals surface area contributed by atoms with Gasteiger partial charge in [-0.3, -0.25) is 10.2 Å². The number of hydrogen-bond donors (Lipinski definition) is 5. The van der Waals surface area contributed by atoms with Gasteiger partial charge in [0, 0.05) is 6.20 Å². The third kappa shape index (κ3) is 2.23. The topological polar surface area (TPSA) is 154 Å². The minimum atomic E-state index is -1.74. The van der Waals surface area contributed by atoms with Gasteiger partial charge in [-0.2, -0.15) is 0 Å². The second-order valence-electron chi connectivity index (χ2n) is 5.79. The number of aromatic amines is 1. The maximum Gasteiger partial charge on any atom is 0.261 e. The third-order valence-corrected chi connectivity index (χ3v) is 4.25. The Balaban J connectivity index is 2.23. The van der Waals surface area contributed by atoms with E-state index in [0.717, 1.165) is 0 Å². The number of aromatic nitrogens is 3. The van der Waals surface area contributed by atoms with Crippen molar-refractivity contribution in [1.29, 1.82) is 5.41 Å². The number of H-pyrrole nitrogens is 1. The summed E-state index contributed by atoms with van der Waals surface area (Å²) in [5.41, 5.74) is -1.89. The van der Waals surface area contributed by atoms with Gasteiger partial charge in [-0.25, -0.2) is 4.98 Å². The fourth-order valence-electron chi connectivity index (χ4n) is 2.94. The van der Waals surface area contributed by atoms with Crippen LogP contribution < -0.4 is 5.56 Å². The molecule has 1 fully saturated rings. The van der Waals surface area contributed by atoms with E-state index in [-0.39, 0.29) is 22.5 Å². The summed E-state index contributed by atoms with van der Waals surface area (Å²) in [7, 11) is 1.30. The molecular weight excluding hydrogens is 320 g/mol. The highest BCUT2D eigenvalue weighted by Gasteiger charge is 2.53. The molecule has 10 heteroatoms. The normalized spacial score (nSPS) is 30.0. The lowest BCUT2D eigenvalue weighted by Gasteiger charge is -2.27. The molecule has 0 amide bonds. The summed E-state index contributed by atoms with van der Waals surface area (Å²) in [4.78, 5) is 18.6. The number of methoxy groups -OCH3 is 1. The van der Waals surface area contributed by atoms with Gasteiger partial charge >= 0.3 is 0 Å². The summed E-state index contributed by atoms with van der Waals surface area (Å²) in [5.74, 6) is -0.255. The van der Waals surface area contributed by atoms with Gasteiger partial charge in [0.1, 0.15) is 23.5 Å². The number of fused-ring (bicyclic) bond motifs is 1. The number of aliphatic hydroxyl groups is 3. The van der Waals surface area contributed by atoms with Gasteiger partial charge in [0.05, 0.1) is 31.0 Å². The molecule has 0 bridgehead atoms. The van der Waals surface area contributed by atoms with Gasteiger partial charge in [0.2, 0.25) is 5.90 Å². The maximum absolute atomic E-state index is 12.1. The molecule has 0 saturated carbocycles. The Hall–Kier alpha value is -2.27. The van der Waals surface area contributed by atoms with E-state index in [4.69, 9.17) is 14.9 Å². The van der Waals surface area contributed by atoms with Gasteiger partial charge in [0.15, 0.2) is 6.23 Å². The Labute approximate surface area is 135 Å². The van der Waals surface area contributed by atoms with Crippen molar-refractivity contribution >= 4 is 16.9 Å². The Kier molecular flexibility index (Phi) is 3.92. The Morgan fingerprint density at radius 3 is 2.92 bits per heavy atom. The summed E-state index contributed by atoms with van der Waals surface area (Å²) in [6, 6.07) is 0. The average molecular weight is 338 g/mol. The molecule has 3 rings (SSSR count). The number of nitrogens with zero attached hydrogens (tertiary/aromatic N) is 2. The summed E-state index contributed by atoms with van der Waals surface area (Å²) >= 11 is 0. The fraction of sp³-hybridized carbons (Fsp3) is 0.500. The molecule has 0 aliphatic carbocycles. The minimum Gasteiger partial charge on any atom is -0.481 e. The predicted octanol–water partition coefficient (Wildman–Crippen LogP) is -1.30. The maximum atomic E-state index is 12.1. The lowest BCUT2D eigenvalue weighted by Crippen LogP contribution is -2.44. The van der Waals surface area contributed by atoms with Crippen molar-refractivity contribution < 1.29 is 24.8 Å². The molecule has 0 spiro atoms. The molecule has 2 aromatic rings. The van der Waals surface area contributed by atoms with Crippen LogP contribution in [-0.4, -0.2) is 67.3 Å². The van der Waals surface area contributed by atoms with E-state index in [9.17, 15) is 20.1 Å². The van der Waals surface area contributed by atoms with Crippen molar-refractivity contribution in [3.05, 3.63) is 28.4 Å². The first-order valence-electron chi connectivity index (χ1n) is 7.20. The lowest BCUT2D eigenvalue weighted by atomic mass is 9.96. The van der Waals surface area contributed by atoms with Crippen LogP contribution in [0.5, 0.6) is 0 Å². The highest BCUT2D eigenvalue weighted by atomic mass is 16.6. The van der Waals surface area contributed by atoms with E-state index in [1.54, 1.807) is 0 Å². The average Bonchev–Trinajstić information content (AvgIpc) is 3.04. The zero-order valence-electron chi connectivity index (χ0n) is 13.1. The van der Waals surface area contributed by atoms with Gasteiger partial charge in [0.25, 0.3) is 5.56 Å². The van der Waals surface area contributed by atoms with E-state index in [1.165, 1.54) is 31.1 Å². The smallest absolute Gasteiger partial charge is 0.261 e. The van der Waals surface area contributed by atoms with Gasteiger partial charge < -0.3 is 34.3 Å². The SMILES string of the molecule is COC(=N)c1cn(C2O[C@H](CO)[C@@H](O)[C@@]2(C)O)c2nc[nH]c(=O)c12. The first-order chi connectivity index (χ1) is 11.3. The van der Waals surface area contributed by atoms with Crippen molar-refractivity contribution in [3.63, 3.8) is 0 Å². The molecule has 1 saturated heterocycles. The third-order valence-electron chi connectivity index (χ3n) is 4.25. The molecule has 5 N–H and O–H groups in total. The molecule has 3 heterocycles. The van der Waals surface area contributed by atoms with Crippen LogP contribution in [-0.2, 0) is 9.47 Å². The molecular formula is C14H18N4O6. The van der Waals surface area contributed by atoms with Crippen molar-refractivity contribution in [2.45, 2.75) is 31.0 Å². The Morgan fingerprint density at radius 1 is 1.62 bits per heavy atom. The molecule has 0 aromatic carbocycles. The van der Waals surface area contributed by atoms with Crippen LogP contribution in [0.25, 0.3) is 11.0 Å². The van der Waals surface area contributed by atoms with E-state index in [1.807, 2.05) is 0 Å². The van der Waals surface area contributed by atoms with Crippen LogP contribution in [0.15, 0.2) is 17.3 Å². The number of ether oxygens (including phenoxy) is 2. The highest BCUT2D eigenvalue weighted by Crippen LogP contribution is 2.39. The standard InChI is InChI=1S/C14H18N4O6/c1-14(22)9(20)7(4-19)24-13(14)18-3-6(10(15)23-2)8-11(18)16-5-17-12(8)21/h3,5,7,9,13,15,19-20,22H,4H2,1-2H3,(H,16,17,21)/t7-,9-,13?,14-/m1/s1. The van der Waals surface area contributed by atoms with Crippen LogP contribution in [0.3, 0.4) is 0 Å². The molecule has 130 valence electrons. The molecule has 2 aromatic heterocycles. The molecule has 1 aliphatic rings. The first-order valence-corrected chi connectivity index (χ1v) is 7.20. The molecule has 24 heavy (non-hydrogen) atoms. The van der Waals surface area contributed by atoms with E-state index in [0.29, 0.717) is 0 Å². The zero-order chi connectivity index (χ0) is 17.6. The monoisotopic (exact) mass is 338 g/mol. The molecule has 1 unspecified atom stereocenters. The highest BCUT2D eigenvalue weighted by molar-refractivity contribution is 6.04. The zero-order valence-corrected chi connectivity index (χ0v) is 13.1. The molecule has 0 radical (unpaired) electrons. The number of nitrogens with one attached hydrogen (secondary N) is 2. The summed E-state index contributed by atoms with van der Waals surface area (Å²) in [5, 5.41) is 38.0. The van der Waals surface area contributed by atoms with Crippen LogP contribution in [0.1, 0.15) is 18.7 Å². The predicted molar refractivity (Wildman–Crippen MR) is 81.8 cm³/mol. The minimum absolute atomic E-state index is 0.102. The van der Waals surface area contributed by atoms with Crippen LogP contribution in [0, 0.1) is 5.41 Å². The largest absolute Gasteiger partial charge is 0.481 e. The second kappa shape index (κ2) is 5.67. The summed E-state index contributed by atoms with van der Waals surface area (Å²) < 4.78 is 11.8. The first kappa shape index (κ1) is 16.6. The Bertz CT molecular complexity index is 841. The van der Waals surface area contributed by atoms with E-state index in [2.05, 4.69) is 9.97 Å². The quantitative estimate of drug-likeness (QED) is 0.344. The molecule has 1 aliphatic heterocycles. The second-order valence-corrected chi connectivity index (χ2v) is 5.79. The number of aliphatic hydroxyl groups excluding tert-OH is 2. The van der Waals surface area contributed by atoms with Crippen LogP contribution >= 0.6 is 0 Å². The summed E-state index contributed by atoms with van der Waals surface area (Å²) in [6.07, 6.45) is -0.859. The molecule has 10 nitrogen and oxygen atoms in total. The van der Waals surface area contributed by atoms with Crippen molar-refractivity contribution in [2.75, 3.05) is 13.7 Å². The number of rotatable bonds is 3. The van der Waals surface area contributed by atoms with Crippen LogP contribution in [0.2, 0.25) is 0 Å². The van der Waals surface area contributed by atoms with Crippen molar-refractivity contribution in [1.82, 2.24) is 14.5 Å². The fourth-order valence-corrected chi connectivity index (χ4v) is 2.94. The number of hydrogen-bond acceptors (Lipinski definition) is 8. The van der Waals surface area contributed by atoms with Gasteiger partial charge in [-0.1, -0.05) is 0 Å². The molecule has 4 atom stereocenters. The van der Waals surface area contributed by atoms with Crippen molar-refractivity contribution in [2.24, 2.45) is 0 Å². The van der Waals surface area contributed by atoms with Gasteiger partial charge in [-0.05, 0) is 6.92 Å². The van der Waals surface area contributed by atoms with E-state index >= 15 is 0 Å². The summed E-state index contributed by atoms with van der Waals surface area (Å²) in [6.45, 7) is 0.875. The van der Waals surface area contributed by atoms with Crippen LogP contribution in [0.4, 0.5) is 0 Å². The van der Waals surface area contributed by atoms with Crippen molar-refractivity contribution in [3.8, 4) is 0 Å². The van der Waals surface area contributed by atoms with Gasteiger partial charge in [-0.15, -0.1) is 0 Å². The Morgan fingerprint density at radius 2 is 2.33 bits per heavy atom.